The highest BCUT2D eigenvalue weighted by Crippen LogP contribution is 2.18. The fourth-order valence-corrected chi connectivity index (χ4v) is 2.74. The lowest BCUT2D eigenvalue weighted by molar-refractivity contribution is 0.0701. The maximum Gasteiger partial charge on any atom is 0.120 e. The highest BCUT2D eigenvalue weighted by atomic mass is 16.5. The molecule has 0 radical (unpaired) electrons. The van der Waals surface area contributed by atoms with Crippen molar-refractivity contribution in [2.75, 3.05) is 19.7 Å². The molecule has 2 rings (SSSR count). The molecule has 0 amide bonds. The van der Waals surface area contributed by atoms with Crippen molar-refractivity contribution in [2.45, 2.75) is 65.8 Å². The van der Waals surface area contributed by atoms with Crippen LogP contribution in [0.4, 0.5) is 0 Å². The molecule has 0 bridgehead atoms. The van der Waals surface area contributed by atoms with Gasteiger partial charge in [-0.05, 0) is 37.9 Å². The number of nitrogens with zero attached hydrogens (tertiary/aromatic N) is 1. The first-order valence-electron chi connectivity index (χ1n) is 8.24. The summed E-state index contributed by atoms with van der Waals surface area (Å²) in [5, 5.41) is 3.41. The molecule has 21 heavy (non-hydrogen) atoms. The van der Waals surface area contributed by atoms with E-state index in [9.17, 15) is 0 Å². The summed E-state index contributed by atoms with van der Waals surface area (Å²) in [7, 11) is 0. The van der Waals surface area contributed by atoms with E-state index in [1.54, 1.807) is 0 Å². The zero-order valence-corrected chi connectivity index (χ0v) is 13.9. The Balaban J connectivity index is 1.89. The third-order valence-electron chi connectivity index (χ3n) is 4.05. The molecule has 1 aromatic heterocycles. The fourth-order valence-electron chi connectivity index (χ4n) is 2.74. The van der Waals surface area contributed by atoms with Gasteiger partial charge in [0, 0.05) is 19.2 Å². The van der Waals surface area contributed by atoms with Gasteiger partial charge in [-0.2, -0.15) is 0 Å². The molecule has 4 nitrogen and oxygen atoms in total. The van der Waals surface area contributed by atoms with Gasteiger partial charge in [0.2, 0.25) is 0 Å². The number of nitrogens with one attached hydrogen (secondary N) is 1. The van der Waals surface area contributed by atoms with Gasteiger partial charge in [-0.1, -0.05) is 20.8 Å². The average molecular weight is 294 g/mol. The minimum atomic E-state index is 0.406. The van der Waals surface area contributed by atoms with E-state index >= 15 is 0 Å². The zero-order chi connectivity index (χ0) is 15.2. The van der Waals surface area contributed by atoms with Crippen LogP contribution in [0.3, 0.4) is 0 Å². The number of hydrogen-bond acceptors (Lipinski definition) is 4. The van der Waals surface area contributed by atoms with Gasteiger partial charge in [0.1, 0.15) is 11.5 Å². The van der Waals surface area contributed by atoms with Crippen LogP contribution in [-0.4, -0.2) is 36.7 Å². The lowest BCUT2D eigenvalue weighted by Crippen LogP contribution is -2.31. The third-order valence-corrected chi connectivity index (χ3v) is 4.05. The Kier molecular flexibility index (Phi) is 6.27. The van der Waals surface area contributed by atoms with E-state index in [-0.39, 0.29) is 0 Å². The van der Waals surface area contributed by atoms with E-state index in [4.69, 9.17) is 9.15 Å². The lowest BCUT2D eigenvalue weighted by Gasteiger charge is -2.22. The van der Waals surface area contributed by atoms with Crippen molar-refractivity contribution in [3.63, 3.8) is 0 Å². The molecule has 0 aromatic carbocycles. The molecule has 1 aromatic rings. The summed E-state index contributed by atoms with van der Waals surface area (Å²) in [5.41, 5.74) is 1.24. The molecule has 0 spiro atoms. The smallest absolute Gasteiger partial charge is 0.120 e. The Morgan fingerprint density at radius 2 is 2.24 bits per heavy atom. The Bertz CT molecular complexity index is 422. The maximum absolute atomic E-state index is 6.02. The van der Waals surface area contributed by atoms with Crippen LogP contribution in [-0.2, 0) is 17.8 Å². The van der Waals surface area contributed by atoms with Gasteiger partial charge in [-0.3, -0.25) is 4.90 Å². The molecule has 0 saturated carbocycles. The van der Waals surface area contributed by atoms with Crippen molar-refractivity contribution in [3.8, 4) is 0 Å². The number of furan rings is 1. The van der Waals surface area contributed by atoms with Gasteiger partial charge < -0.3 is 14.5 Å². The second-order valence-corrected chi connectivity index (χ2v) is 6.32. The molecule has 1 aliphatic heterocycles. The molecule has 0 aliphatic carbocycles. The molecule has 4 heteroatoms. The first-order chi connectivity index (χ1) is 10.1. The second kappa shape index (κ2) is 7.97. The van der Waals surface area contributed by atoms with Gasteiger partial charge >= 0.3 is 0 Å². The molecular weight excluding hydrogens is 264 g/mol. The van der Waals surface area contributed by atoms with E-state index in [2.05, 4.69) is 44.0 Å². The molecule has 1 atom stereocenters. The molecule has 2 heterocycles. The summed E-state index contributed by atoms with van der Waals surface area (Å²) < 4.78 is 11.8. The zero-order valence-electron chi connectivity index (χ0n) is 13.9. The van der Waals surface area contributed by atoms with Crippen molar-refractivity contribution in [2.24, 2.45) is 0 Å². The van der Waals surface area contributed by atoms with E-state index in [1.165, 1.54) is 18.4 Å². The quantitative estimate of drug-likeness (QED) is 0.799. The van der Waals surface area contributed by atoms with Crippen molar-refractivity contribution < 1.29 is 9.15 Å². The Morgan fingerprint density at radius 3 is 2.86 bits per heavy atom. The molecule has 120 valence electrons. The monoisotopic (exact) mass is 294 g/mol. The van der Waals surface area contributed by atoms with Crippen molar-refractivity contribution in [1.82, 2.24) is 10.2 Å². The number of ether oxygens (including phenoxy) is 1. The Morgan fingerprint density at radius 1 is 1.43 bits per heavy atom. The number of likely N-dealkylation sites (N-methyl/N-ethyl adjacent to an activating group) is 1. The summed E-state index contributed by atoms with van der Waals surface area (Å²) >= 11 is 0. The van der Waals surface area contributed by atoms with Crippen LogP contribution in [0.5, 0.6) is 0 Å². The van der Waals surface area contributed by atoms with Crippen molar-refractivity contribution >= 4 is 0 Å². The molecular formula is C17H30N2O2. The van der Waals surface area contributed by atoms with Crippen LogP contribution in [0.2, 0.25) is 0 Å². The highest BCUT2D eigenvalue weighted by molar-refractivity contribution is 5.20. The van der Waals surface area contributed by atoms with Crippen LogP contribution in [0.25, 0.3) is 0 Å². The van der Waals surface area contributed by atoms with Crippen LogP contribution in [0, 0.1) is 6.92 Å². The molecule has 1 aliphatic rings. The van der Waals surface area contributed by atoms with E-state index < -0.39 is 0 Å². The minimum Gasteiger partial charge on any atom is -0.463 e. The number of rotatable bonds is 8. The molecule has 1 saturated heterocycles. The molecule has 1 N–H and O–H groups in total. The van der Waals surface area contributed by atoms with E-state index in [0.29, 0.717) is 12.1 Å². The van der Waals surface area contributed by atoms with Crippen LogP contribution < -0.4 is 5.32 Å². The second-order valence-electron chi connectivity index (χ2n) is 6.32. The standard InChI is InChI=1S/C17H30N2O2/c1-5-19(11-15-7-6-8-20-15)12-16-9-14(4)17(21-16)10-18-13(2)3/h9,13,15,18H,5-8,10-12H2,1-4H3. The predicted molar refractivity (Wildman–Crippen MR) is 85.3 cm³/mol. The normalized spacial score (nSPS) is 19.0. The van der Waals surface area contributed by atoms with Gasteiger partial charge in [-0.25, -0.2) is 0 Å². The Labute approximate surface area is 128 Å². The first-order valence-corrected chi connectivity index (χ1v) is 8.24. The largest absolute Gasteiger partial charge is 0.463 e. The van der Waals surface area contributed by atoms with Crippen LogP contribution in [0.15, 0.2) is 10.5 Å². The topological polar surface area (TPSA) is 37.6 Å². The van der Waals surface area contributed by atoms with Crippen molar-refractivity contribution in [3.05, 3.63) is 23.2 Å². The van der Waals surface area contributed by atoms with E-state index in [0.717, 1.165) is 44.3 Å². The SMILES string of the molecule is CCN(Cc1cc(C)c(CNC(C)C)o1)CC1CCCO1. The van der Waals surface area contributed by atoms with Crippen LogP contribution in [0.1, 0.15) is 50.7 Å². The van der Waals surface area contributed by atoms with Crippen molar-refractivity contribution in [1.29, 1.82) is 0 Å². The highest BCUT2D eigenvalue weighted by Gasteiger charge is 2.19. The minimum absolute atomic E-state index is 0.406. The molecule has 1 unspecified atom stereocenters. The maximum atomic E-state index is 6.02. The summed E-state index contributed by atoms with van der Waals surface area (Å²) in [4.78, 5) is 2.41. The van der Waals surface area contributed by atoms with Gasteiger partial charge in [0.25, 0.3) is 0 Å². The summed E-state index contributed by atoms with van der Waals surface area (Å²) in [5.74, 6) is 2.12. The predicted octanol–water partition coefficient (Wildman–Crippen LogP) is 3.09. The molecule has 1 fully saturated rings. The number of aryl methyl sites for hydroxylation is 1. The lowest BCUT2D eigenvalue weighted by atomic mass is 10.2. The summed E-state index contributed by atoms with van der Waals surface area (Å²) in [6.45, 7) is 13.3. The van der Waals surface area contributed by atoms with E-state index in [1.807, 2.05) is 0 Å². The van der Waals surface area contributed by atoms with Gasteiger partial charge in [0.15, 0.2) is 0 Å². The summed E-state index contributed by atoms with van der Waals surface area (Å²) in [6, 6.07) is 2.65. The third kappa shape index (κ3) is 5.13. The fraction of sp³-hybridized carbons (Fsp3) is 0.765. The van der Waals surface area contributed by atoms with Crippen LogP contribution >= 0.6 is 0 Å². The van der Waals surface area contributed by atoms with Gasteiger partial charge in [-0.15, -0.1) is 0 Å². The number of hydrogen-bond donors (Lipinski definition) is 1. The van der Waals surface area contributed by atoms with Gasteiger partial charge in [0.05, 0.1) is 19.2 Å². The summed E-state index contributed by atoms with van der Waals surface area (Å²) in [6.07, 6.45) is 2.80. The average Bonchev–Trinajstić information content (AvgIpc) is 3.05. The first kappa shape index (κ1) is 16.5. The Hall–Kier alpha value is -0.840.